The quantitative estimate of drug-likeness (QED) is 0.915. The molecule has 2 atom stereocenters. The molecule has 2 N–H and O–H groups in total. The van der Waals surface area contributed by atoms with Gasteiger partial charge in [-0.2, -0.15) is 0 Å². The van der Waals surface area contributed by atoms with Gasteiger partial charge in [0, 0.05) is 24.5 Å². The van der Waals surface area contributed by atoms with Crippen molar-refractivity contribution in [2.24, 2.45) is 11.7 Å². The van der Waals surface area contributed by atoms with E-state index in [0.717, 1.165) is 5.39 Å². The molecule has 122 valence electrons. The molecule has 0 radical (unpaired) electrons. The van der Waals surface area contributed by atoms with Crippen LogP contribution in [0.3, 0.4) is 0 Å². The van der Waals surface area contributed by atoms with E-state index >= 15 is 0 Å². The van der Waals surface area contributed by atoms with Gasteiger partial charge in [-0.05, 0) is 24.5 Å². The molecule has 1 aliphatic heterocycles. The zero-order valence-corrected chi connectivity index (χ0v) is 13.9. The smallest absolute Gasteiger partial charge is 0.220 e. The molecule has 0 saturated carbocycles. The van der Waals surface area contributed by atoms with Gasteiger partial charge in [0.15, 0.2) is 5.58 Å². The van der Waals surface area contributed by atoms with Gasteiger partial charge in [-0.3, -0.25) is 0 Å². The molecule has 2 unspecified atom stereocenters. The number of piperidine rings is 1. The minimum absolute atomic E-state index is 0. The molecule has 0 amide bonds. The predicted octanol–water partition coefficient (Wildman–Crippen LogP) is 1.75. The van der Waals surface area contributed by atoms with Crippen LogP contribution < -0.4 is 5.73 Å². The van der Waals surface area contributed by atoms with Crippen molar-refractivity contribution in [3.05, 3.63) is 30.0 Å². The lowest BCUT2D eigenvalue weighted by Gasteiger charge is -2.34. The van der Waals surface area contributed by atoms with Crippen molar-refractivity contribution in [1.29, 1.82) is 0 Å². The highest BCUT2D eigenvalue weighted by Gasteiger charge is 2.32. The van der Waals surface area contributed by atoms with Gasteiger partial charge in [0.2, 0.25) is 10.0 Å². The number of halogens is 1. The van der Waals surface area contributed by atoms with Crippen LogP contribution in [0.15, 0.2) is 28.8 Å². The van der Waals surface area contributed by atoms with Gasteiger partial charge in [-0.15, -0.1) is 12.4 Å². The highest BCUT2D eigenvalue weighted by molar-refractivity contribution is 7.88. The van der Waals surface area contributed by atoms with E-state index in [-0.39, 0.29) is 30.1 Å². The van der Waals surface area contributed by atoms with Crippen molar-refractivity contribution in [2.45, 2.75) is 25.1 Å². The molecule has 3 rings (SSSR count). The van der Waals surface area contributed by atoms with Crippen molar-refractivity contribution in [3.63, 3.8) is 0 Å². The monoisotopic (exact) mass is 345 g/mol. The predicted molar refractivity (Wildman–Crippen MR) is 87.2 cm³/mol. The normalized spacial score (nSPS) is 23.4. The van der Waals surface area contributed by atoms with E-state index in [2.05, 4.69) is 5.16 Å². The molecule has 1 aliphatic rings. The summed E-state index contributed by atoms with van der Waals surface area (Å²) in [4.78, 5) is 0. The molecule has 8 heteroatoms. The van der Waals surface area contributed by atoms with Gasteiger partial charge < -0.3 is 10.3 Å². The Morgan fingerprint density at radius 2 is 2.14 bits per heavy atom. The molecule has 0 bridgehead atoms. The second-order valence-electron chi connectivity index (χ2n) is 5.67. The van der Waals surface area contributed by atoms with E-state index < -0.39 is 10.0 Å². The van der Waals surface area contributed by atoms with Gasteiger partial charge in [0.1, 0.15) is 11.4 Å². The highest BCUT2D eigenvalue weighted by atomic mass is 35.5. The van der Waals surface area contributed by atoms with E-state index in [1.165, 1.54) is 4.31 Å². The lowest BCUT2D eigenvalue weighted by molar-refractivity contribution is 0.249. The number of sulfonamides is 1. The zero-order valence-electron chi connectivity index (χ0n) is 12.3. The van der Waals surface area contributed by atoms with Crippen LogP contribution in [0.25, 0.3) is 11.0 Å². The Labute approximate surface area is 136 Å². The van der Waals surface area contributed by atoms with Crippen molar-refractivity contribution in [2.75, 3.05) is 13.1 Å². The van der Waals surface area contributed by atoms with Crippen molar-refractivity contribution in [3.8, 4) is 0 Å². The van der Waals surface area contributed by atoms with E-state index in [1.54, 1.807) is 6.07 Å². The summed E-state index contributed by atoms with van der Waals surface area (Å²) in [6, 6.07) is 7.35. The molecule has 0 spiro atoms. The second kappa shape index (κ2) is 6.54. The zero-order chi connectivity index (χ0) is 15.0. The van der Waals surface area contributed by atoms with Crippen LogP contribution in [-0.4, -0.2) is 37.0 Å². The second-order valence-corrected chi connectivity index (χ2v) is 7.64. The van der Waals surface area contributed by atoms with Crippen molar-refractivity contribution in [1.82, 2.24) is 9.46 Å². The van der Waals surface area contributed by atoms with Crippen LogP contribution in [0.4, 0.5) is 0 Å². The van der Waals surface area contributed by atoms with Crippen LogP contribution in [0.2, 0.25) is 0 Å². The summed E-state index contributed by atoms with van der Waals surface area (Å²) in [6.45, 7) is 2.93. The fraction of sp³-hybridized carbons (Fsp3) is 0.500. The summed E-state index contributed by atoms with van der Waals surface area (Å²) < 4.78 is 31.8. The molecule has 22 heavy (non-hydrogen) atoms. The average Bonchev–Trinajstić information content (AvgIpc) is 2.85. The Morgan fingerprint density at radius 3 is 2.86 bits per heavy atom. The first-order chi connectivity index (χ1) is 9.97. The average molecular weight is 346 g/mol. The summed E-state index contributed by atoms with van der Waals surface area (Å²) in [5.41, 5.74) is 7.02. The Balaban J connectivity index is 0.00000176. The number of aromatic nitrogens is 1. The molecule has 1 aromatic heterocycles. The number of para-hydroxylation sites is 1. The number of rotatable bonds is 3. The van der Waals surface area contributed by atoms with Crippen molar-refractivity contribution >= 4 is 33.4 Å². The SMILES string of the molecule is CC1CN(S(=O)(=O)Cc2noc3ccccc23)CCC1N.Cl. The van der Waals surface area contributed by atoms with Crippen LogP contribution in [0.1, 0.15) is 19.0 Å². The maximum Gasteiger partial charge on any atom is 0.220 e. The number of hydrogen-bond donors (Lipinski definition) is 1. The number of benzene rings is 1. The molecular formula is C14H20ClN3O3S. The Morgan fingerprint density at radius 1 is 1.41 bits per heavy atom. The maximum atomic E-state index is 12.6. The number of hydrogen-bond acceptors (Lipinski definition) is 5. The Hall–Kier alpha value is -1.15. The summed E-state index contributed by atoms with van der Waals surface area (Å²) in [5.74, 6) is 0.0361. The van der Waals surface area contributed by atoms with E-state index in [1.807, 2.05) is 25.1 Å². The summed E-state index contributed by atoms with van der Waals surface area (Å²) in [5, 5.41) is 4.66. The van der Waals surface area contributed by atoms with Gasteiger partial charge in [-0.1, -0.05) is 24.2 Å². The fourth-order valence-electron chi connectivity index (χ4n) is 2.68. The van der Waals surface area contributed by atoms with Crippen LogP contribution in [0, 0.1) is 5.92 Å². The third-order valence-corrected chi connectivity index (χ3v) is 5.86. The largest absolute Gasteiger partial charge is 0.356 e. The molecular weight excluding hydrogens is 326 g/mol. The standard InChI is InChI=1S/C14H19N3O3S.ClH/c1-10-8-17(7-6-12(10)15)21(18,19)9-13-11-4-2-3-5-14(11)20-16-13;/h2-5,10,12H,6-9,15H2,1H3;1H. The third kappa shape index (κ3) is 3.27. The molecule has 2 heterocycles. The van der Waals surface area contributed by atoms with Crippen LogP contribution >= 0.6 is 12.4 Å². The Kier molecular flexibility index (Phi) is 5.11. The van der Waals surface area contributed by atoms with E-state index in [4.69, 9.17) is 10.3 Å². The summed E-state index contributed by atoms with van der Waals surface area (Å²) in [7, 11) is -3.40. The fourth-order valence-corrected chi connectivity index (χ4v) is 4.27. The lowest BCUT2D eigenvalue weighted by Crippen LogP contribution is -2.48. The molecule has 1 fully saturated rings. The molecule has 2 aromatic rings. The minimum Gasteiger partial charge on any atom is -0.356 e. The number of nitrogens with two attached hydrogens (primary N) is 1. The minimum atomic E-state index is -3.40. The summed E-state index contributed by atoms with van der Waals surface area (Å²) >= 11 is 0. The van der Waals surface area contributed by atoms with Gasteiger partial charge in [0.25, 0.3) is 0 Å². The van der Waals surface area contributed by atoms with E-state index in [0.29, 0.717) is 30.8 Å². The van der Waals surface area contributed by atoms with Crippen molar-refractivity contribution < 1.29 is 12.9 Å². The topological polar surface area (TPSA) is 89.4 Å². The number of fused-ring (bicyclic) bond motifs is 1. The highest BCUT2D eigenvalue weighted by Crippen LogP contribution is 2.24. The molecule has 1 saturated heterocycles. The molecule has 0 aliphatic carbocycles. The van der Waals surface area contributed by atoms with Gasteiger partial charge >= 0.3 is 0 Å². The first-order valence-electron chi connectivity index (χ1n) is 7.04. The van der Waals surface area contributed by atoms with Gasteiger partial charge in [-0.25, -0.2) is 12.7 Å². The Bertz CT molecular complexity index is 747. The van der Waals surface area contributed by atoms with Gasteiger partial charge in [0.05, 0.1) is 0 Å². The van der Waals surface area contributed by atoms with Crippen LogP contribution in [0.5, 0.6) is 0 Å². The molecule has 1 aromatic carbocycles. The first kappa shape index (κ1) is 17.2. The lowest BCUT2D eigenvalue weighted by atomic mass is 9.96. The maximum absolute atomic E-state index is 12.6. The summed E-state index contributed by atoms with van der Waals surface area (Å²) in [6.07, 6.45) is 0.694. The number of nitrogens with zero attached hydrogens (tertiary/aromatic N) is 2. The first-order valence-corrected chi connectivity index (χ1v) is 8.65. The molecule has 6 nitrogen and oxygen atoms in total. The van der Waals surface area contributed by atoms with Crippen LogP contribution in [-0.2, 0) is 15.8 Å². The van der Waals surface area contributed by atoms with E-state index in [9.17, 15) is 8.42 Å². The third-order valence-electron chi connectivity index (χ3n) is 4.10.